The molecule has 0 aromatic rings. The van der Waals surface area contributed by atoms with Crippen LogP contribution < -0.4 is 0 Å². The molecule has 0 aromatic carbocycles. The zero-order valence-corrected chi connectivity index (χ0v) is 9.70. The third-order valence-electron chi connectivity index (χ3n) is 2.66. The Kier molecular flexibility index (Phi) is 4.47. The Morgan fingerprint density at radius 2 is 1.43 bits per heavy atom. The lowest BCUT2D eigenvalue weighted by atomic mass is 9.72. The van der Waals surface area contributed by atoms with Crippen LogP contribution in [0.3, 0.4) is 0 Å². The smallest absolute Gasteiger partial charge is 0.171 e. The van der Waals surface area contributed by atoms with Crippen LogP contribution in [0.5, 0.6) is 0 Å². The first-order valence-corrected chi connectivity index (χ1v) is 5.11. The maximum Gasteiger partial charge on any atom is 0.389 e. The Hall–Kier alpha value is -0.210. The van der Waals surface area contributed by atoms with Gasteiger partial charge in [0.25, 0.3) is 0 Å². The molecule has 3 heteroatoms. The average molecular weight is 210 g/mol. The molecule has 0 nitrogen and oxygen atoms in total. The van der Waals surface area contributed by atoms with Crippen LogP contribution in [0, 0.1) is 17.3 Å². The molecule has 0 fully saturated rings. The van der Waals surface area contributed by atoms with Crippen LogP contribution in [-0.2, 0) is 0 Å². The minimum absolute atomic E-state index is 0.0422. The van der Waals surface area contributed by atoms with Crippen molar-refractivity contribution in [1.29, 1.82) is 0 Å². The van der Waals surface area contributed by atoms with Crippen molar-refractivity contribution in [3.63, 3.8) is 0 Å². The second-order valence-electron chi connectivity index (χ2n) is 5.37. The van der Waals surface area contributed by atoms with Gasteiger partial charge in [-0.3, -0.25) is 0 Å². The van der Waals surface area contributed by atoms with Gasteiger partial charge >= 0.3 is 6.18 Å². The van der Waals surface area contributed by atoms with Crippen molar-refractivity contribution < 1.29 is 13.2 Å². The first-order chi connectivity index (χ1) is 6.04. The summed E-state index contributed by atoms with van der Waals surface area (Å²) in [6.45, 7) is 10.0. The van der Waals surface area contributed by atoms with Crippen molar-refractivity contribution in [2.24, 2.45) is 17.3 Å². The van der Waals surface area contributed by atoms with Crippen LogP contribution in [-0.4, -0.2) is 6.18 Å². The zero-order valence-electron chi connectivity index (χ0n) is 9.70. The van der Waals surface area contributed by atoms with Gasteiger partial charge in [0.2, 0.25) is 0 Å². The van der Waals surface area contributed by atoms with E-state index in [4.69, 9.17) is 0 Å². The molecular formula is C11H21F3. The molecule has 86 valence electrons. The Morgan fingerprint density at radius 3 is 1.64 bits per heavy atom. The van der Waals surface area contributed by atoms with E-state index in [1.807, 2.05) is 34.6 Å². The molecule has 0 saturated carbocycles. The van der Waals surface area contributed by atoms with E-state index in [0.29, 0.717) is 5.92 Å². The minimum atomic E-state index is -4.02. The molecule has 0 heterocycles. The van der Waals surface area contributed by atoms with Gasteiger partial charge in [-0.2, -0.15) is 13.2 Å². The standard InChI is InChI=1S/C11H21F3/c1-8(2)9(10(3,4)5)6-7-11(12,13)14/h8-9H,6-7H2,1-5H3/t9-/m0/s1. The minimum Gasteiger partial charge on any atom is -0.171 e. The predicted octanol–water partition coefficient (Wildman–Crippen LogP) is 4.65. The highest BCUT2D eigenvalue weighted by Crippen LogP contribution is 2.38. The summed E-state index contributed by atoms with van der Waals surface area (Å²) in [5, 5.41) is 0. The maximum atomic E-state index is 12.1. The highest BCUT2D eigenvalue weighted by atomic mass is 19.4. The fourth-order valence-electron chi connectivity index (χ4n) is 2.09. The predicted molar refractivity (Wildman–Crippen MR) is 53.1 cm³/mol. The van der Waals surface area contributed by atoms with Crippen molar-refractivity contribution in [2.75, 3.05) is 0 Å². The lowest BCUT2D eigenvalue weighted by Gasteiger charge is -2.34. The number of hydrogen-bond acceptors (Lipinski definition) is 0. The Morgan fingerprint density at radius 1 is 1.00 bits per heavy atom. The Balaban J connectivity index is 4.27. The van der Waals surface area contributed by atoms with Gasteiger partial charge in [-0.05, 0) is 23.7 Å². The third-order valence-corrected chi connectivity index (χ3v) is 2.66. The van der Waals surface area contributed by atoms with Crippen LogP contribution in [0.15, 0.2) is 0 Å². The highest BCUT2D eigenvalue weighted by Gasteiger charge is 2.33. The fourth-order valence-corrected chi connectivity index (χ4v) is 2.09. The zero-order chi connectivity index (χ0) is 11.6. The maximum absolute atomic E-state index is 12.1. The highest BCUT2D eigenvalue weighted by molar-refractivity contribution is 4.77. The van der Waals surface area contributed by atoms with Crippen LogP contribution in [0.4, 0.5) is 13.2 Å². The van der Waals surface area contributed by atoms with E-state index in [0.717, 1.165) is 0 Å². The number of alkyl halides is 3. The van der Waals surface area contributed by atoms with Crippen molar-refractivity contribution >= 4 is 0 Å². The summed E-state index contributed by atoms with van der Waals surface area (Å²) < 4.78 is 36.2. The summed E-state index contributed by atoms with van der Waals surface area (Å²) in [7, 11) is 0. The molecule has 0 spiro atoms. The molecule has 1 atom stereocenters. The second-order valence-corrected chi connectivity index (χ2v) is 5.37. The molecular weight excluding hydrogens is 189 g/mol. The summed E-state index contributed by atoms with van der Waals surface area (Å²) in [4.78, 5) is 0. The second kappa shape index (κ2) is 4.54. The molecule has 0 unspecified atom stereocenters. The van der Waals surface area contributed by atoms with Gasteiger partial charge in [0, 0.05) is 6.42 Å². The quantitative estimate of drug-likeness (QED) is 0.636. The summed E-state index contributed by atoms with van der Waals surface area (Å²) in [5.41, 5.74) is -0.0422. The molecule has 0 bridgehead atoms. The van der Waals surface area contributed by atoms with Crippen molar-refractivity contribution in [1.82, 2.24) is 0 Å². The van der Waals surface area contributed by atoms with Gasteiger partial charge in [0.15, 0.2) is 0 Å². The largest absolute Gasteiger partial charge is 0.389 e. The fraction of sp³-hybridized carbons (Fsp3) is 1.00. The first kappa shape index (κ1) is 13.8. The van der Waals surface area contributed by atoms with Gasteiger partial charge < -0.3 is 0 Å². The topological polar surface area (TPSA) is 0 Å². The van der Waals surface area contributed by atoms with Gasteiger partial charge in [-0.15, -0.1) is 0 Å². The molecule has 0 aliphatic heterocycles. The van der Waals surface area contributed by atoms with Crippen molar-refractivity contribution in [3.8, 4) is 0 Å². The average Bonchev–Trinajstić information content (AvgIpc) is 1.79. The van der Waals surface area contributed by atoms with E-state index in [9.17, 15) is 13.2 Å². The van der Waals surface area contributed by atoms with Crippen LogP contribution in [0.25, 0.3) is 0 Å². The normalized spacial score (nSPS) is 16.1. The van der Waals surface area contributed by atoms with Gasteiger partial charge in [-0.25, -0.2) is 0 Å². The molecule has 0 aromatic heterocycles. The first-order valence-electron chi connectivity index (χ1n) is 5.11. The summed E-state index contributed by atoms with van der Waals surface area (Å²) in [6.07, 6.45) is -4.43. The van der Waals surface area contributed by atoms with E-state index in [-0.39, 0.29) is 17.8 Å². The molecule has 0 aliphatic rings. The summed E-state index contributed by atoms with van der Waals surface area (Å²) >= 11 is 0. The number of halogens is 3. The SMILES string of the molecule is CC(C)[C@H](CCC(F)(F)F)C(C)(C)C. The van der Waals surface area contributed by atoms with Crippen LogP contribution in [0.1, 0.15) is 47.5 Å². The molecule has 0 N–H and O–H groups in total. The molecule has 0 radical (unpaired) electrons. The molecule has 0 aliphatic carbocycles. The molecule has 0 rings (SSSR count). The number of rotatable bonds is 3. The van der Waals surface area contributed by atoms with E-state index < -0.39 is 12.6 Å². The summed E-state index contributed by atoms with van der Waals surface area (Å²) in [5.74, 6) is 0.432. The van der Waals surface area contributed by atoms with E-state index >= 15 is 0 Å². The van der Waals surface area contributed by atoms with Gasteiger partial charge in [-0.1, -0.05) is 34.6 Å². The van der Waals surface area contributed by atoms with Crippen LogP contribution in [0.2, 0.25) is 0 Å². The molecule has 0 amide bonds. The third kappa shape index (κ3) is 5.51. The lowest BCUT2D eigenvalue weighted by Crippen LogP contribution is -2.27. The van der Waals surface area contributed by atoms with E-state index in [2.05, 4.69) is 0 Å². The van der Waals surface area contributed by atoms with Crippen molar-refractivity contribution in [3.05, 3.63) is 0 Å². The van der Waals surface area contributed by atoms with Gasteiger partial charge in [0.05, 0.1) is 0 Å². The van der Waals surface area contributed by atoms with Crippen molar-refractivity contribution in [2.45, 2.75) is 53.6 Å². The molecule has 0 saturated heterocycles. The van der Waals surface area contributed by atoms with E-state index in [1.54, 1.807) is 0 Å². The number of hydrogen-bond donors (Lipinski definition) is 0. The van der Waals surface area contributed by atoms with Crippen LogP contribution >= 0.6 is 0 Å². The Labute approximate surface area is 84.9 Å². The van der Waals surface area contributed by atoms with Gasteiger partial charge in [0.1, 0.15) is 0 Å². The van der Waals surface area contributed by atoms with E-state index in [1.165, 1.54) is 0 Å². The lowest BCUT2D eigenvalue weighted by molar-refractivity contribution is -0.140. The summed E-state index contributed by atoms with van der Waals surface area (Å²) in [6, 6.07) is 0. The Bertz CT molecular complexity index is 162. The monoisotopic (exact) mass is 210 g/mol. The molecule has 14 heavy (non-hydrogen) atoms.